The van der Waals surface area contributed by atoms with Crippen LogP contribution in [0.15, 0.2) is 48.5 Å². The van der Waals surface area contributed by atoms with E-state index in [4.69, 9.17) is 9.47 Å². The van der Waals surface area contributed by atoms with Crippen LogP contribution >= 0.6 is 0 Å². The third-order valence-corrected chi connectivity index (χ3v) is 5.10. The van der Waals surface area contributed by atoms with Gasteiger partial charge < -0.3 is 14.8 Å². The molecule has 0 unspecified atom stereocenters. The van der Waals surface area contributed by atoms with E-state index in [0.717, 1.165) is 56.3 Å². The number of piperazine rings is 1. The molecule has 162 valence electrons. The van der Waals surface area contributed by atoms with Gasteiger partial charge >= 0.3 is 0 Å². The predicted octanol–water partition coefficient (Wildman–Crippen LogP) is 3.63. The van der Waals surface area contributed by atoms with Crippen molar-refractivity contribution < 1.29 is 14.3 Å². The molecule has 0 spiro atoms. The first kappa shape index (κ1) is 22.1. The van der Waals surface area contributed by atoms with E-state index in [-0.39, 0.29) is 5.91 Å². The Hall–Kier alpha value is -2.57. The van der Waals surface area contributed by atoms with Crippen molar-refractivity contribution in [3.63, 3.8) is 0 Å². The third-order valence-electron chi connectivity index (χ3n) is 5.10. The Bertz CT molecular complexity index is 787. The van der Waals surface area contributed by atoms with Crippen molar-refractivity contribution in [2.75, 3.05) is 51.3 Å². The molecule has 1 aliphatic heterocycles. The molecule has 0 aromatic heterocycles. The lowest BCUT2D eigenvalue weighted by Crippen LogP contribution is -2.48. The van der Waals surface area contributed by atoms with Crippen molar-refractivity contribution in [2.45, 2.75) is 26.8 Å². The zero-order chi connectivity index (χ0) is 21.2. The quantitative estimate of drug-likeness (QED) is 0.647. The Balaban J connectivity index is 1.42. The van der Waals surface area contributed by atoms with Gasteiger partial charge in [-0.05, 0) is 43.2 Å². The standard InChI is InChI=1S/C24H33N3O3/c1-3-17-30-23-8-6-5-7-22(23)25-24(28)19-27-15-13-26(14-16-27)18-20-9-11-21(12-10-20)29-4-2/h5-12H,3-4,13-19H2,1-2H3,(H,25,28). The highest BCUT2D eigenvalue weighted by atomic mass is 16.5. The number of para-hydroxylation sites is 2. The molecule has 3 rings (SSSR count). The molecule has 2 aromatic rings. The number of anilines is 1. The Morgan fingerprint density at radius 1 is 0.933 bits per heavy atom. The van der Waals surface area contributed by atoms with Crippen LogP contribution in [0.25, 0.3) is 0 Å². The van der Waals surface area contributed by atoms with Crippen molar-refractivity contribution in [3.8, 4) is 11.5 Å². The molecule has 0 aliphatic carbocycles. The fraction of sp³-hybridized carbons (Fsp3) is 0.458. The summed E-state index contributed by atoms with van der Waals surface area (Å²) in [6.45, 7) is 10.4. The molecule has 1 amide bonds. The maximum Gasteiger partial charge on any atom is 0.238 e. The van der Waals surface area contributed by atoms with Crippen LogP contribution in [0.2, 0.25) is 0 Å². The smallest absolute Gasteiger partial charge is 0.238 e. The minimum atomic E-state index is 0.00233. The van der Waals surface area contributed by atoms with Crippen molar-refractivity contribution in [1.82, 2.24) is 9.80 Å². The van der Waals surface area contributed by atoms with Crippen molar-refractivity contribution >= 4 is 11.6 Å². The number of hydrogen-bond donors (Lipinski definition) is 1. The molecule has 1 fully saturated rings. The third kappa shape index (κ3) is 6.75. The molecule has 0 radical (unpaired) electrons. The van der Waals surface area contributed by atoms with E-state index >= 15 is 0 Å². The Kier molecular flexibility index (Phi) is 8.53. The molecule has 6 heteroatoms. The van der Waals surface area contributed by atoms with Gasteiger partial charge in [0, 0.05) is 32.7 Å². The lowest BCUT2D eigenvalue weighted by Gasteiger charge is -2.34. The van der Waals surface area contributed by atoms with Gasteiger partial charge in [-0.2, -0.15) is 0 Å². The van der Waals surface area contributed by atoms with Crippen LogP contribution in [0.1, 0.15) is 25.8 Å². The number of ether oxygens (including phenoxy) is 2. The number of nitrogens with zero attached hydrogens (tertiary/aromatic N) is 2. The number of nitrogens with one attached hydrogen (secondary N) is 1. The first-order valence-corrected chi connectivity index (χ1v) is 10.9. The van der Waals surface area contributed by atoms with Gasteiger partial charge in [-0.15, -0.1) is 0 Å². The van der Waals surface area contributed by atoms with E-state index in [1.165, 1.54) is 5.56 Å². The van der Waals surface area contributed by atoms with Gasteiger partial charge in [-0.25, -0.2) is 0 Å². The van der Waals surface area contributed by atoms with Gasteiger partial charge in [0.15, 0.2) is 0 Å². The normalized spacial score (nSPS) is 15.0. The second kappa shape index (κ2) is 11.6. The van der Waals surface area contributed by atoms with Gasteiger partial charge in [0.25, 0.3) is 0 Å². The molecule has 0 atom stereocenters. The van der Waals surface area contributed by atoms with E-state index in [9.17, 15) is 4.79 Å². The highest BCUT2D eigenvalue weighted by Crippen LogP contribution is 2.24. The van der Waals surface area contributed by atoms with Gasteiger partial charge in [-0.3, -0.25) is 14.6 Å². The fourth-order valence-electron chi connectivity index (χ4n) is 3.52. The number of carbonyl (C=O) groups is 1. The highest BCUT2D eigenvalue weighted by Gasteiger charge is 2.19. The molecule has 30 heavy (non-hydrogen) atoms. The van der Waals surface area contributed by atoms with Crippen LogP contribution in [0.5, 0.6) is 11.5 Å². The number of benzene rings is 2. The molecular weight excluding hydrogens is 378 g/mol. The van der Waals surface area contributed by atoms with Gasteiger partial charge in [0.1, 0.15) is 11.5 Å². The topological polar surface area (TPSA) is 54.0 Å². The molecule has 1 N–H and O–H groups in total. The number of rotatable bonds is 10. The van der Waals surface area contributed by atoms with Crippen molar-refractivity contribution in [2.24, 2.45) is 0 Å². The summed E-state index contributed by atoms with van der Waals surface area (Å²) in [4.78, 5) is 17.2. The van der Waals surface area contributed by atoms with E-state index in [1.54, 1.807) is 0 Å². The van der Waals surface area contributed by atoms with Crippen molar-refractivity contribution in [3.05, 3.63) is 54.1 Å². The minimum Gasteiger partial charge on any atom is -0.494 e. The van der Waals surface area contributed by atoms with Gasteiger partial charge in [-0.1, -0.05) is 31.2 Å². The summed E-state index contributed by atoms with van der Waals surface area (Å²) < 4.78 is 11.2. The monoisotopic (exact) mass is 411 g/mol. The first-order chi connectivity index (χ1) is 14.7. The Morgan fingerprint density at radius 2 is 1.63 bits per heavy atom. The average molecular weight is 412 g/mol. The largest absolute Gasteiger partial charge is 0.494 e. The summed E-state index contributed by atoms with van der Waals surface area (Å²) in [5.41, 5.74) is 2.03. The lowest BCUT2D eigenvalue weighted by atomic mass is 10.2. The molecule has 6 nitrogen and oxygen atoms in total. The average Bonchev–Trinajstić information content (AvgIpc) is 2.76. The molecule has 0 saturated carbocycles. The number of carbonyl (C=O) groups excluding carboxylic acids is 1. The number of amides is 1. The van der Waals surface area contributed by atoms with E-state index in [1.807, 2.05) is 43.3 Å². The Labute approximate surface area is 179 Å². The second-order valence-electron chi connectivity index (χ2n) is 7.52. The maximum absolute atomic E-state index is 12.5. The summed E-state index contributed by atoms with van der Waals surface area (Å²) in [7, 11) is 0. The molecule has 1 aliphatic rings. The maximum atomic E-state index is 12.5. The molecule has 0 bridgehead atoms. The first-order valence-electron chi connectivity index (χ1n) is 10.9. The molecule has 1 heterocycles. The minimum absolute atomic E-state index is 0.00233. The zero-order valence-electron chi connectivity index (χ0n) is 18.1. The molecule has 2 aromatic carbocycles. The summed E-state index contributed by atoms with van der Waals surface area (Å²) in [5, 5.41) is 3.00. The lowest BCUT2D eigenvalue weighted by molar-refractivity contribution is -0.117. The molecule has 1 saturated heterocycles. The van der Waals surface area contributed by atoms with E-state index < -0.39 is 0 Å². The van der Waals surface area contributed by atoms with E-state index in [2.05, 4.69) is 34.2 Å². The van der Waals surface area contributed by atoms with Crippen molar-refractivity contribution in [1.29, 1.82) is 0 Å². The van der Waals surface area contributed by atoms with E-state index in [0.29, 0.717) is 19.8 Å². The van der Waals surface area contributed by atoms with Gasteiger partial charge in [0.05, 0.1) is 25.4 Å². The number of hydrogen-bond acceptors (Lipinski definition) is 5. The summed E-state index contributed by atoms with van der Waals surface area (Å²) in [6.07, 6.45) is 0.934. The van der Waals surface area contributed by atoms with Crippen LogP contribution in [-0.4, -0.2) is 61.6 Å². The summed E-state index contributed by atoms with van der Waals surface area (Å²) >= 11 is 0. The Morgan fingerprint density at radius 3 is 2.33 bits per heavy atom. The van der Waals surface area contributed by atoms with Crippen LogP contribution in [0.3, 0.4) is 0 Å². The zero-order valence-corrected chi connectivity index (χ0v) is 18.1. The highest BCUT2D eigenvalue weighted by molar-refractivity contribution is 5.93. The fourth-order valence-corrected chi connectivity index (χ4v) is 3.52. The predicted molar refractivity (Wildman–Crippen MR) is 120 cm³/mol. The van der Waals surface area contributed by atoms with Crippen LogP contribution in [0.4, 0.5) is 5.69 Å². The van der Waals surface area contributed by atoms with Crippen LogP contribution in [0, 0.1) is 0 Å². The van der Waals surface area contributed by atoms with Crippen LogP contribution in [-0.2, 0) is 11.3 Å². The molecular formula is C24H33N3O3. The van der Waals surface area contributed by atoms with Gasteiger partial charge in [0.2, 0.25) is 5.91 Å². The summed E-state index contributed by atoms with van der Waals surface area (Å²) in [5.74, 6) is 1.65. The SMILES string of the molecule is CCCOc1ccccc1NC(=O)CN1CCN(Cc2ccc(OCC)cc2)CC1. The summed E-state index contributed by atoms with van der Waals surface area (Å²) in [6, 6.07) is 15.9. The van der Waals surface area contributed by atoms with Crippen LogP contribution < -0.4 is 14.8 Å². The second-order valence-corrected chi connectivity index (χ2v) is 7.52.